The molecular formula is C16H26N4O2. The van der Waals surface area contributed by atoms with Gasteiger partial charge in [-0.05, 0) is 12.5 Å². The van der Waals surface area contributed by atoms with Crippen molar-refractivity contribution >= 4 is 11.9 Å². The summed E-state index contributed by atoms with van der Waals surface area (Å²) in [5.41, 5.74) is 2.34. The number of hydrogen-bond acceptors (Lipinski definition) is 3. The molecule has 0 fully saturated rings. The molecule has 0 unspecified atom stereocenters. The maximum atomic E-state index is 11.7. The summed E-state index contributed by atoms with van der Waals surface area (Å²) in [6, 6.07) is 8.20. The van der Waals surface area contributed by atoms with Crippen LogP contribution in [0.5, 0.6) is 0 Å². The minimum atomic E-state index is -0.00297. The van der Waals surface area contributed by atoms with Crippen molar-refractivity contribution in [2.75, 3.05) is 40.9 Å². The van der Waals surface area contributed by atoms with E-state index in [0.717, 1.165) is 5.56 Å². The molecule has 0 saturated heterocycles. The van der Waals surface area contributed by atoms with Crippen molar-refractivity contribution in [3.63, 3.8) is 0 Å². The van der Waals surface area contributed by atoms with Gasteiger partial charge in [0.1, 0.15) is 0 Å². The number of guanidine groups is 1. The number of rotatable bonds is 7. The van der Waals surface area contributed by atoms with Crippen molar-refractivity contribution < 1.29 is 9.53 Å². The SMILES string of the molecule is COCCNC(=NCc1cccc(C)c1)NCC(=O)N(C)C. The number of likely N-dealkylation sites (N-methyl/N-ethyl adjacent to an activating group) is 1. The number of nitrogens with zero attached hydrogens (tertiary/aromatic N) is 2. The molecular weight excluding hydrogens is 280 g/mol. The normalized spacial score (nSPS) is 11.2. The van der Waals surface area contributed by atoms with Gasteiger partial charge >= 0.3 is 0 Å². The van der Waals surface area contributed by atoms with Gasteiger partial charge < -0.3 is 20.3 Å². The molecule has 0 bridgehead atoms. The van der Waals surface area contributed by atoms with E-state index in [9.17, 15) is 4.79 Å². The van der Waals surface area contributed by atoms with E-state index in [4.69, 9.17) is 4.74 Å². The number of benzene rings is 1. The fraction of sp³-hybridized carbons (Fsp3) is 0.500. The third-order valence-corrected chi connectivity index (χ3v) is 3.01. The Balaban J connectivity index is 2.62. The van der Waals surface area contributed by atoms with Crippen molar-refractivity contribution in [2.24, 2.45) is 4.99 Å². The molecule has 6 nitrogen and oxygen atoms in total. The van der Waals surface area contributed by atoms with Crippen LogP contribution in [0.25, 0.3) is 0 Å². The van der Waals surface area contributed by atoms with Gasteiger partial charge in [0, 0.05) is 27.7 Å². The lowest BCUT2D eigenvalue weighted by Gasteiger charge is -2.14. The van der Waals surface area contributed by atoms with Crippen molar-refractivity contribution in [2.45, 2.75) is 13.5 Å². The monoisotopic (exact) mass is 306 g/mol. The molecule has 6 heteroatoms. The topological polar surface area (TPSA) is 66.0 Å². The van der Waals surface area contributed by atoms with Crippen molar-refractivity contribution in [3.05, 3.63) is 35.4 Å². The highest BCUT2D eigenvalue weighted by atomic mass is 16.5. The molecule has 0 radical (unpaired) electrons. The fourth-order valence-electron chi connectivity index (χ4n) is 1.74. The number of hydrogen-bond donors (Lipinski definition) is 2. The summed E-state index contributed by atoms with van der Waals surface area (Å²) in [5.74, 6) is 0.602. The largest absolute Gasteiger partial charge is 0.383 e. The smallest absolute Gasteiger partial charge is 0.241 e. The molecule has 0 spiro atoms. The highest BCUT2D eigenvalue weighted by Gasteiger charge is 2.05. The predicted octanol–water partition coefficient (Wildman–Crippen LogP) is 0.765. The molecule has 1 aromatic rings. The lowest BCUT2D eigenvalue weighted by Crippen LogP contribution is -2.43. The zero-order valence-corrected chi connectivity index (χ0v) is 13.8. The third kappa shape index (κ3) is 7.08. The number of nitrogens with one attached hydrogen (secondary N) is 2. The van der Waals surface area contributed by atoms with Crippen LogP contribution in [0.15, 0.2) is 29.3 Å². The van der Waals surface area contributed by atoms with Crippen molar-refractivity contribution in [1.29, 1.82) is 0 Å². The van der Waals surface area contributed by atoms with Gasteiger partial charge in [0.15, 0.2) is 5.96 Å². The van der Waals surface area contributed by atoms with Crippen LogP contribution in [-0.2, 0) is 16.1 Å². The minimum absolute atomic E-state index is 0.00297. The quantitative estimate of drug-likeness (QED) is 0.443. The molecule has 2 N–H and O–H groups in total. The summed E-state index contributed by atoms with van der Waals surface area (Å²) in [4.78, 5) is 17.7. The van der Waals surface area contributed by atoms with E-state index in [2.05, 4.69) is 34.7 Å². The first kappa shape index (κ1) is 18.0. The highest BCUT2D eigenvalue weighted by molar-refractivity contribution is 5.86. The van der Waals surface area contributed by atoms with E-state index >= 15 is 0 Å². The van der Waals surface area contributed by atoms with E-state index in [1.165, 1.54) is 5.56 Å². The minimum Gasteiger partial charge on any atom is -0.383 e. The second-order valence-corrected chi connectivity index (χ2v) is 5.22. The summed E-state index contributed by atoms with van der Waals surface area (Å²) in [7, 11) is 5.10. The maximum Gasteiger partial charge on any atom is 0.241 e. The van der Waals surface area contributed by atoms with E-state index in [0.29, 0.717) is 25.7 Å². The van der Waals surface area contributed by atoms with Crippen LogP contribution >= 0.6 is 0 Å². The van der Waals surface area contributed by atoms with Crippen LogP contribution in [0, 0.1) is 6.92 Å². The summed E-state index contributed by atoms with van der Waals surface area (Å²) in [5, 5.41) is 6.18. The number of amides is 1. The third-order valence-electron chi connectivity index (χ3n) is 3.01. The van der Waals surface area contributed by atoms with Crippen LogP contribution in [0.4, 0.5) is 0 Å². The second kappa shape index (κ2) is 9.78. The van der Waals surface area contributed by atoms with Gasteiger partial charge in [-0.15, -0.1) is 0 Å². The van der Waals surface area contributed by atoms with Gasteiger partial charge in [-0.2, -0.15) is 0 Å². The Labute approximate surface area is 132 Å². The van der Waals surface area contributed by atoms with Crippen LogP contribution in [0.1, 0.15) is 11.1 Å². The van der Waals surface area contributed by atoms with Gasteiger partial charge in [0.05, 0.1) is 19.7 Å². The van der Waals surface area contributed by atoms with E-state index in [1.54, 1.807) is 26.1 Å². The molecule has 0 aromatic heterocycles. The van der Waals surface area contributed by atoms with Gasteiger partial charge in [-0.25, -0.2) is 4.99 Å². The van der Waals surface area contributed by atoms with Gasteiger partial charge in [0.25, 0.3) is 0 Å². The summed E-state index contributed by atoms with van der Waals surface area (Å²) < 4.78 is 5.01. The molecule has 0 aliphatic carbocycles. The van der Waals surface area contributed by atoms with Gasteiger partial charge in [-0.3, -0.25) is 4.79 Å². The summed E-state index contributed by atoms with van der Waals surface area (Å²) in [6.45, 7) is 4.03. The first-order valence-corrected chi connectivity index (χ1v) is 7.29. The van der Waals surface area contributed by atoms with Crippen LogP contribution < -0.4 is 10.6 Å². The Morgan fingerprint density at radius 3 is 2.73 bits per heavy atom. The predicted molar refractivity (Wildman–Crippen MR) is 88.9 cm³/mol. The number of methoxy groups -OCH3 is 1. The number of carbonyl (C=O) groups excluding carboxylic acids is 1. The van der Waals surface area contributed by atoms with Crippen LogP contribution in [0.2, 0.25) is 0 Å². The van der Waals surface area contributed by atoms with Crippen molar-refractivity contribution in [1.82, 2.24) is 15.5 Å². The molecule has 122 valence electrons. The van der Waals surface area contributed by atoms with Gasteiger partial charge in [-0.1, -0.05) is 29.8 Å². The lowest BCUT2D eigenvalue weighted by molar-refractivity contribution is -0.127. The highest BCUT2D eigenvalue weighted by Crippen LogP contribution is 2.04. The zero-order chi connectivity index (χ0) is 16.4. The number of aryl methyl sites for hydroxylation is 1. The molecule has 1 rings (SSSR count). The molecule has 1 amide bonds. The van der Waals surface area contributed by atoms with E-state index in [-0.39, 0.29) is 12.5 Å². The second-order valence-electron chi connectivity index (χ2n) is 5.22. The average Bonchev–Trinajstić information content (AvgIpc) is 2.49. The first-order chi connectivity index (χ1) is 10.5. The van der Waals surface area contributed by atoms with Crippen LogP contribution in [0.3, 0.4) is 0 Å². The van der Waals surface area contributed by atoms with Crippen LogP contribution in [-0.4, -0.2) is 57.7 Å². The molecule has 22 heavy (non-hydrogen) atoms. The Morgan fingerprint density at radius 2 is 2.09 bits per heavy atom. The standard InChI is InChI=1S/C16H26N4O2/c1-13-6-5-7-14(10-13)11-18-16(17-8-9-22-4)19-12-15(21)20(2)3/h5-7,10H,8-9,11-12H2,1-4H3,(H2,17,18,19). The molecule has 0 saturated carbocycles. The molecule has 0 aliphatic rings. The Hall–Kier alpha value is -2.08. The Bertz CT molecular complexity index is 501. The lowest BCUT2D eigenvalue weighted by atomic mass is 10.1. The van der Waals surface area contributed by atoms with E-state index in [1.807, 2.05) is 12.1 Å². The fourth-order valence-corrected chi connectivity index (χ4v) is 1.74. The number of aliphatic imine (C=N–C) groups is 1. The molecule has 0 atom stereocenters. The summed E-state index contributed by atoms with van der Waals surface area (Å²) in [6.07, 6.45) is 0. The molecule has 0 aliphatic heterocycles. The summed E-state index contributed by atoms with van der Waals surface area (Å²) >= 11 is 0. The molecule has 1 aromatic carbocycles. The Kier molecular flexibility index (Phi) is 7.99. The van der Waals surface area contributed by atoms with E-state index < -0.39 is 0 Å². The maximum absolute atomic E-state index is 11.7. The number of carbonyl (C=O) groups is 1. The Morgan fingerprint density at radius 1 is 1.32 bits per heavy atom. The van der Waals surface area contributed by atoms with Gasteiger partial charge in [0.2, 0.25) is 5.91 Å². The first-order valence-electron chi connectivity index (χ1n) is 7.29. The average molecular weight is 306 g/mol. The molecule has 0 heterocycles. The zero-order valence-electron chi connectivity index (χ0n) is 13.8. The number of ether oxygens (including phenoxy) is 1. The van der Waals surface area contributed by atoms with Crippen molar-refractivity contribution in [3.8, 4) is 0 Å².